The van der Waals surface area contributed by atoms with E-state index in [4.69, 9.17) is 4.74 Å². The predicted octanol–water partition coefficient (Wildman–Crippen LogP) is 18.1. The molecule has 0 aliphatic rings. The molecule has 1 atom stereocenters. The Bertz CT molecular complexity index is 684. The highest BCUT2D eigenvalue weighted by Crippen LogP contribution is 2.22. The van der Waals surface area contributed by atoms with E-state index < -0.39 is 0 Å². The second kappa shape index (κ2) is 46.4. The van der Waals surface area contributed by atoms with E-state index in [2.05, 4.69) is 32.9 Å². The summed E-state index contributed by atoms with van der Waals surface area (Å²) in [6.45, 7) is 7.52. The number of hydrogen-bond donors (Lipinski definition) is 0. The van der Waals surface area contributed by atoms with Crippen LogP contribution < -0.4 is 0 Å². The van der Waals surface area contributed by atoms with Crippen LogP contribution in [0.25, 0.3) is 0 Å². The highest BCUT2D eigenvalue weighted by atomic mass is 16.5. The van der Waals surface area contributed by atoms with Crippen LogP contribution in [0.2, 0.25) is 0 Å². The fourth-order valence-electron chi connectivity index (χ4n) is 7.84. The van der Waals surface area contributed by atoms with E-state index in [9.17, 15) is 4.79 Å². The molecular formula is C50H98O2. The summed E-state index contributed by atoms with van der Waals surface area (Å²) in [5.41, 5.74) is 0. The van der Waals surface area contributed by atoms with Gasteiger partial charge in [-0.2, -0.15) is 0 Å². The molecule has 0 bridgehead atoms. The van der Waals surface area contributed by atoms with E-state index in [-0.39, 0.29) is 11.9 Å². The number of hydrogen-bond acceptors (Lipinski definition) is 2. The van der Waals surface area contributed by atoms with Gasteiger partial charge in [0, 0.05) is 0 Å². The molecule has 0 rings (SSSR count). The molecule has 0 aromatic heterocycles. The average Bonchev–Trinajstić information content (AvgIpc) is 3.15. The monoisotopic (exact) mass is 731 g/mol. The van der Waals surface area contributed by atoms with Crippen molar-refractivity contribution in [2.75, 3.05) is 6.61 Å². The van der Waals surface area contributed by atoms with Crippen molar-refractivity contribution in [3.8, 4) is 0 Å². The highest BCUT2D eigenvalue weighted by Gasteiger charge is 2.19. The number of carbonyl (C=O) groups excluding carboxylic acids is 1. The molecule has 0 radical (unpaired) electrons. The standard InChI is InChI=1S/C50H98O2/c1-4-7-10-13-16-19-22-25-27-28-30-33-36-39-42-45-48-52-50(51)49(46-43-40-37-34-31-24-21-18-15-12-9-6-3)47-44-41-38-35-32-29-26-23-20-17-14-11-8-5-2/h26,29,49H,4-25,27-28,30-48H2,1-3H3/b29-26-. The lowest BCUT2D eigenvalue weighted by Crippen LogP contribution is -2.18. The van der Waals surface area contributed by atoms with Gasteiger partial charge in [-0.15, -0.1) is 0 Å². The summed E-state index contributed by atoms with van der Waals surface area (Å²) in [7, 11) is 0. The maximum Gasteiger partial charge on any atom is 0.308 e. The molecule has 52 heavy (non-hydrogen) atoms. The van der Waals surface area contributed by atoms with Crippen LogP contribution in [0, 0.1) is 5.92 Å². The Kier molecular flexibility index (Phi) is 45.7. The summed E-state index contributed by atoms with van der Waals surface area (Å²) in [5.74, 6) is 0.239. The van der Waals surface area contributed by atoms with Gasteiger partial charge in [0.15, 0.2) is 0 Å². The van der Waals surface area contributed by atoms with Crippen molar-refractivity contribution in [2.24, 2.45) is 5.92 Å². The molecule has 0 saturated carbocycles. The van der Waals surface area contributed by atoms with Crippen molar-refractivity contribution in [3.05, 3.63) is 12.2 Å². The number of ether oxygens (including phenoxy) is 1. The molecule has 1 unspecified atom stereocenters. The van der Waals surface area contributed by atoms with Crippen molar-refractivity contribution in [2.45, 2.75) is 290 Å². The van der Waals surface area contributed by atoms with Crippen molar-refractivity contribution < 1.29 is 9.53 Å². The van der Waals surface area contributed by atoms with Crippen molar-refractivity contribution in [1.82, 2.24) is 0 Å². The zero-order valence-corrected chi connectivity index (χ0v) is 36.5. The minimum Gasteiger partial charge on any atom is -0.465 e. The maximum atomic E-state index is 13.2. The lowest BCUT2D eigenvalue weighted by Gasteiger charge is -2.16. The summed E-state index contributed by atoms with van der Waals surface area (Å²) in [4.78, 5) is 13.2. The second-order valence-corrected chi connectivity index (χ2v) is 16.9. The largest absolute Gasteiger partial charge is 0.465 e. The summed E-state index contributed by atoms with van der Waals surface area (Å²) >= 11 is 0. The first-order valence-corrected chi connectivity index (χ1v) is 24.6. The van der Waals surface area contributed by atoms with Crippen LogP contribution >= 0.6 is 0 Å². The van der Waals surface area contributed by atoms with Crippen LogP contribution in [-0.2, 0) is 9.53 Å². The van der Waals surface area contributed by atoms with Crippen molar-refractivity contribution >= 4 is 5.97 Å². The van der Waals surface area contributed by atoms with E-state index in [0.717, 1.165) is 19.3 Å². The van der Waals surface area contributed by atoms with Gasteiger partial charge < -0.3 is 4.74 Å². The van der Waals surface area contributed by atoms with Gasteiger partial charge in [0.2, 0.25) is 0 Å². The lowest BCUT2D eigenvalue weighted by molar-refractivity contribution is -0.149. The van der Waals surface area contributed by atoms with Crippen LogP contribution in [-0.4, -0.2) is 12.6 Å². The smallest absolute Gasteiger partial charge is 0.308 e. The number of allylic oxidation sites excluding steroid dienone is 2. The van der Waals surface area contributed by atoms with Gasteiger partial charge in [0.05, 0.1) is 12.5 Å². The van der Waals surface area contributed by atoms with Crippen LogP contribution in [0.1, 0.15) is 290 Å². The number of rotatable bonds is 45. The van der Waals surface area contributed by atoms with Gasteiger partial charge in [-0.25, -0.2) is 0 Å². The maximum absolute atomic E-state index is 13.2. The van der Waals surface area contributed by atoms with Crippen molar-refractivity contribution in [3.63, 3.8) is 0 Å². The minimum atomic E-state index is 0.113. The summed E-state index contributed by atoms with van der Waals surface area (Å²) in [6.07, 6.45) is 61.2. The van der Waals surface area contributed by atoms with Gasteiger partial charge in [0.1, 0.15) is 0 Å². The van der Waals surface area contributed by atoms with Gasteiger partial charge in [0.25, 0.3) is 0 Å². The van der Waals surface area contributed by atoms with Gasteiger partial charge in [-0.05, 0) is 44.9 Å². The molecule has 0 aromatic rings. The molecule has 0 N–H and O–H groups in total. The summed E-state index contributed by atoms with van der Waals surface area (Å²) < 4.78 is 5.90. The van der Waals surface area contributed by atoms with E-state index in [1.807, 2.05) is 0 Å². The van der Waals surface area contributed by atoms with Crippen LogP contribution in [0.3, 0.4) is 0 Å². The van der Waals surface area contributed by atoms with Gasteiger partial charge in [-0.3, -0.25) is 4.79 Å². The zero-order chi connectivity index (χ0) is 37.7. The van der Waals surface area contributed by atoms with E-state index in [1.165, 1.54) is 250 Å². The minimum absolute atomic E-state index is 0.113. The Balaban J connectivity index is 4.07. The van der Waals surface area contributed by atoms with Gasteiger partial charge in [-0.1, -0.05) is 258 Å². The fourth-order valence-corrected chi connectivity index (χ4v) is 7.84. The third-order valence-corrected chi connectivity index (χ3v) is 11.5. The molecule has 0 aromatic carbocycles. The summed E-state index contributed by atoms with van der Waals surface area (Å²) in [6, 6.07) is 0. The Labute approximate surface area is 329 Å². The molecule has 2 nitrogen and oxygen atoms in total. The van der Waals surface area contributed by atoms with E-state index in [1.54, 1.807) is 0 Å². The first-order chi connectivity index (χ1) is 25.8. The normalized spacial score (nSPS) is 12.3. The molecule has 0 aliphatic carbocycles. The van der Waals surface area contributed by atoms with Crippen LogP contribution in [0.4, 0.5) is 0 Å². The number of carbonyl (C=O) groups is 1. The average molecular weight is 731 g/mol. The van der Waals surface area contributed by atoms with Crippen LogP contribution in [0.15, 0.2) is 12.2 Å². The molecule has 0 saturated heterocycles. The lowest BCUT2D eigenvalue weighted by atomic mass is 9.94. The van der Waals surface area contributed by atoms with Gasteiger partial charge >= 0.3 is 5.97 Å². The topological polar surface area (TPSA) is 26.3 Å². The van der Waals surface area contributed by atoms with Crippen LogP contribution in [0.5, 0.6) is 0 Å². The third kappa shape index (κ3) is 42.0. The first-order valence-electron chi connectivity index (χ1n) is 24.6. The predicted molar refractivity (Wildman–Crippen MR) is 235 cm³/mol. The molecule has 0 fully saturated rings. The van der Waals surface area contributed by atoms with E-state index in [0.29, 0.717) is 6.61 Å². The molecule has 0 heterocycles. The Morgan fingerprint density at radius 3 is 0.904 bits per heavy atom. The Morgan fingerprint density at radius 1 is 0.346 bits per heavy atom. The number of esters is 1. The van der Waals surface area contributed by atoms with Crippen molar-refractivity contribution in [1.29, 1.82) is 0 Å². The second-order valence-electron chi connectivity index (χ2n) is 16.9. The zero-order valence-electron chi connectivity index (χ0n) is 36.5. The van der Waals surface area contributed by atoms with E-state index >= 15 is 0 Å². The third-order valence-electron chi connectivity index (χ3n) is 11.5. The molecule has 0 amide bonds. The Morgan fingerprint density at radius 2 is 0.596 bits per heavy atom. The quantitative estimate of drug-likeness (QED) is 0.0354. The number of unbranched alkanes of at least 4 members (excludes halogenated alkanes) is 36. The Hall–Kier alpha value is -0.790. The highest BCUT2D eigenvalue weighted by molar-refractivity contribution is 5.72. The molecule has 0 spiro atoms. The molecular weight excluding hydrogens is 633 g/mol. The molecule has 0 aliphatic heterocycles. The first kappa shape index (κ1) is 51.2. The summed E-state index contributed by atoms with van der Waals surface area (Å²) in [5, 5.41) is 0. The molecule has 2 heteroatoms. The SMILES string of the molecule is CCCCCCCC/C=C\CCCCCCC(CCCCCCCCCCCCCC)C(=O)OCCCCCCCCCCCCCCCCCC. The molecule has 310 valence electrons. The fraction of sp³-hybridized carbons (Fsp3) is 0.940.